The lowest BCUT2D eigenvalue weighted by atomic mass is 10.1. The lowest BCUT2D eigenvalue weighted by Gasteiger charge is -2.09. The van der Waals surface area contributed by atoms with Gasteiger partial charge in [-0.15, -0.1) is 0 Å². The van der Waals surface area contributed by atoms with E-state index in [1.807, 2.05) is 36.4 Å². The van der Waals surface area contributed by atoms with Crippen LogP contribution in [0.3, 0.4) is 0 Å². The molecular formula is C18H16N4O2. The molecule has 0 aromatic heterocycles. The number of aromatic hydroxyl groups is 1. The summed E-state index contributed by atoms with van der Waals surface area (Å²) in [5.41, 5.74) is 1.44. The summed E-state index contributed by atoms with van der Waals surface area (Å²) >= 11 is 0. The zero-order valence-corrected chi connectivity index (χ0v) is 13.3. The average Bonchev–Trinajstić information content (AvgIpc) is 2.60. The highest BCUT2D eigenvalue weighted by molar-refractivity contribution is 6.01. The highest BCUT2D eigenvalue weighted by Gasteiger charge is 2.12. The van der Waals surface area contributed by atoms with Crippen LogP contribution in [0.1, 0.15) is 5.56 Å². The standard InChI is InChI=1S/C18H16N4O2/c1-22(2)18(24)14(12-19)10-13-11-16(8-9-17(13)23)21-20-15-6-4-3-5-7-15/h3-11,23H,1-2H3/b14-10-,21-20?. The Hall–Kier alpha value is -3.46. The van der Waals surface area contributed by atoms with Crippen LogP contribution in [0.15, 0.2) is 64.3 Å². The highest BCUT2D eigenvalue weighted by Crippen LogP contribution is 2.27. The van der Waals surface area contributed by atoms with E-state index in [-0.39, 0.29) is 11.3 Å². The van der Waals surface area contributed by atoms with Crippen LogP contribution in [0.4, 0.5) is 11.4 Å². The summed E-state index contributed by atoms with van der Waals surface area (Å²) in [6.45, 7) is 0. The van der Waals surface area contributed by atoms with Gasteiger partial charge in [0.2, 0.25) is 0 Å². The number of likely N-dealkylation sites (N-methyl/N-ethyl adjacent to an activating group) is 1. The molecule has 0 unspecified atom stereocenters. The van der Waals surface area contributed by atoms with Gasteiger partial charge < -0.3 is 10.0 Å². The largest absolute Gasteiger partial charge is 0.507 e. The Morgan fingerprint density at radius 1 is 1.12 bits per heavy atom. The summed E-state index contributed by atoms with van der Waals surface area (Å²) in [6, 6.07) is 15.7. The third-order valence-electron chi connectivity index (χ3n) is 3.11. The smallest absolute Gasteiger partial charge is 0.264 e. The number of phenolic OH excluding ortho intramolecular Hbond substituents is 1. The van der Waals surface area contributed by atoms with Crippen LogP contribution in [0.5, 0.6) is 5.75 Å². The molecular weight excluding hydrogens is 304 g/mol. The first-order chi connectivity index (χ1) is 11.5. The molecule has 0 radical (unpaired) electrons. The zero-order valence-electron chi connectivity index (χ0n) is 13.3. The quantitative estimate of drug-likeness (QED) is 0.528. The van der Waals surface area contributed by atoms with Crippen molar-refractivity contribution < 1.29 is 9.90 Å². The van der Waals surface area contributed by atoms with Gasteiger partial charge in [0, 0.05) is 19.7 Å². The summed E-state index contributed by atoms with van der Waals surface area (Å²) in [7, 11) is 3.11. The van der Waals surface area contributed by atoms with Crippen LogP contribution in [0.25, 0.3) is 6.08 Å². The fourth-order valence-corrected chi connectivity index (χ4v) is 1.87. The number of nitrogens with zero attached hydrogens (tertiary/aromatic N) is 4. The average molecular weight is 320 g/mol. The summed E-state index contributed by atoms with van der Waals surface area (Å²) in [4.78, 5) is 13.2. The van der Waals surface area contributed by atoms with E-state index < -0.39 is 5.91 Å². The SMILES string of the molecule is CN(C)C(=O)/C(C#N)=C\c1cc(N=Nc2ccccc2)ccc1O. The monoisotopic (exact) mass is 320 g/mol. The number of carbonyl (C=O) groups excluding carboxylic acids is 1. The third-order valence-corrected chi connectivity index (χ3v) is 3.11. The molecule has 120 valence electrons. The van der Waals surface area contributed by atoms with E-state index in [0.29, 0.717) is 16.9 Å². The molecule has 0 aliphatic heterocycles. The number of benzene rings is 2. The van der Waals surface area contributed by atoms with E-state index in [1.165, 1.54) is 17.0 Å². The first kappa shape index (κ1) is 16.9. The van der Waals surface area contributed by atoms with E-state index in [0.717, 1.165) is 0 Å². The predicted octanol–water partition coefficient (Wildman–Crippen LogP) is 3.80. The van der Waals surface area contributed by atoms with E-state index in [1.54, 1.807) is 26.2 Å². The number of nitriles is 1. The lowest BCUT2D eigenvalue weighted by molar-refractivity contribution is -0.124. The Balaban J connectivity index is 2.34. The molecule has 0 spiro atoms. The van der Waals surface area contributed by atoms with Gasteiger partial charge >= 0.3 is 0 Å². The van der Waals surface area contributed by atoms with Gasteiger partial charge in [-0.05, 0) is 36.4 Å². The van der Waals surface area contributed by atoms with Gasteiger partial charge in [0.05, 0.1) is 11.4 Å². The molecule has 1 amide bonds. The first-order valence-corrected chi connectivity index (χ1v) is 7.14. The molecule has 2 rings (SSSR count). The summed E-state index contributed by atoms with van der Waals surface area (Å²) in [5.74, 6) is -0.485. The second-order valence-electron chi connectivity index (χ2n) is 5.15. The van der Waals surface area contributed by atoms with E-state index in [2.05, 4.69) is 10.2 Å². The molecule has 6 heteroatoms. The molecule has 0 atom stereocenters. The van der Waals surface area contributed by atoms with Gasteiger partial charge in [-0.25, -0.2) is 0 Å². The summed E-state index contributed by atoms with van der Waals surface area (Å²) in [6.07, 6.45) is 1.33. The number of carbonyl (C=O) groups is 1. The molecule has 0 saturated heterocycles. The number of hydrogen-bond acceptors (Lipinski definition) is 5. The predicted molar refractivity (Wildman–Crippen MR) is 91.0 cm³/mol. The van der Waals surface area contributed by atoms with Gasteiger partial charge in [0.15, 0.2) is 0 Å². The van der Waals surface area contributed by atoms with Crippen LogP contribution < -0.4 is 0 Å². The molecule has 0 aliphatic rings. The maximum atomic E-state index is 11.9. The first-order valence-electron chi connectivity index (χ1n) is 7.14. The molecule has 24 heavy (non-hydrogen) atoms. The number of amides is 1. The molecule has 2 aromatic carbocycles. The Morgan fingerprint density at radius 3 is 2.42 bits per heavy atom. The molecule has 0 heterocycles. The highest BCUT2D eigenvalue weighted by atomic mass is 16.3. The van der Waals surface area contributed by atoms with E-state index in [9.17, 15) is 9.90 Å². The van der Waals surface area contributed by atoms with Crippen LogP contribution in [0, 0.1) is 11.3 Å². The topological polar surface area (TPSA) is 89.0 Å². The van der Waals surface area contributed by atoms with E-state index in [4.69, 9.17) is 5.26 Å². The molecule has 0 saturated carbocycles. The minimum Gasteiger partial charge on any atom is -0.507 e. The number of rotatable bonds is 4. The van der Waals surface area contributed by atoms with Crippen LogP contribution in [0.2, 0.25) is 0 Å². The summed E-state index contributed by atoms with van der Waals surface area (Å²) < 4.78 is 0. The van der Waals surface area contributed by atoms with Crippen LogP contribution in [-0.2, 0) is 4.79 Å². The van der Waals surface area contributed by atoms with Crippen molar-refractivity contribution in [2.24, 2.45) is 10.2 Å². The molecule has 1 N–H and O–H groups in total. The minimum absolute atomic E-state index is 0.0482. The Kier molecular flexibility index (Phi) is 5.42. The van der Waals surface area contributed by atoms with Gasteiger partial charge in [-0.3, -0.25) is 4.79 Å². The van der Waals surface area contributed by atoms with Gasteiger partial charge in [0.25, 0.3) is 5.91 Å². The van der Waals surface area contributed by atoms with Crippen molar-refractivity contribution in [3.63, 3.8) is 0 Å². The van der Waals surface area contributed by atoms with Gasteiger partial charge in [-0.1, -0.05) is 18.2 Å². The van der Waals surface area contributed by atoms with Crippen molar-refractivity contribution in [3.8, 4) is 11.8 Å². The van der Waals surface area contributed by atoms with Crippen LogP contribution in [-0.4, -0.2) is 30.0 Å². The maximum Gasteiger partial charge on any atom is 0.264 e. The summed E-state index contributed by atoms with van der Waals surface area (Å²) in [5, 5.41) is 27.3. The molecule has 6 nitrogen and oxygen atoms in total. The lowest BCUT2D eigenvalue weighted by Crippen LogP contribution is -2.22. The second kappa shape index (κ2) is 7.70. The maximum absolute atomic E-state index is 11.9. The number of azo groups is 1. The second-order valence-corrected chi connectivity index (χ2v) is 5.15. The number of hydrogen-bond donors (Lipinski definition) is 1. The molecule has 2 aromatic rings. The van der Waals surface area contributed by atoms with Crippen LogP contribution >= 0.6 is 0 Å². The zero-order chi connectivity index (χ0) is 17.5. The van der Waals surface area contributed by atoms with E-state index >= 15 is 0 Å². The van der Waals surface area contributed by atoms with Crippen molar-refractivity contribution in [2.75, 3.05) is 14.1 Å². The Labute approximate surface area is 140 Å². The molecule has 0 fully saturated rings. The minimum atomic E-state index is -0.437. The normalized spacial score (nSPS) is 11.3. The van der Waals surface area contributed by atoms with Crippen molar-refractivity contribution in [2.45, 2.75) is 0 Å². The molecule has 0 bridgehead atoms. The molecule has 0 aliphatic carbocycles. The van der Waals surface area contributed by atoms with Crippen molar-refractivity contribution in [1.82, 2.24) is 4.90 Å². The van der Waals surface area contributed by atoms with Crippen molar-refractivity contribution in [1.29, 1.82) is 5.26 Å². The fourth-order valence-electron chi connectivity index (χ4n) is 1.87. The van der Waals surface area contributed by atoms with Gasteiger partial charge in [0.1, 0.15) is 17.4 Å². The fraction of sp³-hybridized carbons (Fsp3) is 0.111. The van der Waals surface area contributed by atoms with Crippen molar-refractivity contribution in [3.05, 3.63) is 59.7 Å². The van der Waals surface area contributed by atoms with Gasteiger partial charge in [-0.2, -0.15) is 15.5 Å². The Morgan fingerprint density at radius 2 is 1.79 bits per heavy atom. The third kappa shape index (κ3) is 4.27. The van der Waals surface area contributed by atoms with Crippen molar-refractivity contribution >= 4 is 23.4 Å². The number of phenols is 1. The Bertz CT molecular complexity index is 834.